The van der Waals surface area contributed by atoms with Crippen molar-refractivity contribution in [2.75, 3.05) is 0 Å². The van der Waals surface area contributed by atoms with E-state index in [1.165, 1.54) is 6.42 Å². The first kappa shape index (κ1) is 23.6. The monoisotopic (exact) mass is 482 g/mol. The summed E-state index contributed by atoms with van der Waals surface area (Å²) in [7, 11) is 0. The highest BCUT2D eigenvalue weighted by molar-refractivity contribution is 6.31. The minimum absolute atomic E-state index is 0.191. The molecule has 1 aliphatic carbocycles. The van der Waals surface area contributed by atoms with Crippen LogP contribution in [0.2, 0.25) is 10.0 Å². The van der Waals surface area contributed by atoms with Gasteiger partial charge in [-0.2, -0.15) is 0 Å². The number of aliphatic hydroxyl groups excluding tert-OH is 1. The highest BCUT2D eigenvalue weighted by atomic mass is 35.5. The summed E-state index contributed by atoms with van der Waals surface area (Å²) < 4.78 is 0. The molecule has 33 heavy (non-hydrogen) atoms. The van der Waals surface area contributed by atoms with Gasteiger partial charge in [-0.3, -0.25) is 4.98 Å². The van der Waals surface area contributed by atoms with Crippen LogP contribution in [0.4, 0.5) is 0 Å². The van der Waals surface area contributed by atoms with E-state index in [4.69, 9.17) is 33.9 Å². The van der Waals surface area contributed by atoms with E-state index in [0.29, 0.717) is 16.6 Å². The summed E-state index contributed by atoms with van der Waals surface area (Å²) in [5, 5.41) is 14.9. The lowest BCUT2D eigenvalue weighted by atomic mass is 9.88. The van der Waals surface area contributed by atoms with E-state index >= 15 is 0 Å². The summed E-state index contributed by atoms with van der Waals surface area (Å²) in [6.45, 7) is 0.446. The summed E-state index contributed by atoms with van der Waals surface area (Å²) in [6.07, 6.45) is 6.58. The van der Waals surface area contributed by atoms with Crippen molar-refractivity contribution < 1.29 is 5.11 Å². The molecule has 1 fully saturated rings. The van der Waals surface area contributed by atoms with E-state index in [1.807, 2.05) is 54.7 Å². The topological polar surface area (TPSA) is 83.5 Å². The maximum atomic E-state index is 10.4. The number of hydrogen-bond acceptors (Lipinski definition) is 3. The Labute approximate surface area is 204 Å². The molecule has 0 bridgehead atoms. The molecule has 1 saturated carbocycles. The number of benzene rings is 2. The Kier molecular flexibility index (Phi) is 7.86. The SMILES string of the molecule is N/C(=N\C(O)C1CCCCC1)NCc1cnc(-c2ccc(Cl)cc2)c(-c2ccc(Cl)cc2)c1. The Balaban J connectivity index is 1.55. The molecule has 5 nitrogen and oxygen atoms in total. The highest BCUT2D eigenvalue weighted by Crippen LogP contribution is 2.32. The first-order chi connectivity index (χ1) is 16.0. The van der Waals surface area contributed by atoms with Gasteiger partial charge in [0.05, 0.1) is 5.69 Å². The quantitative estimate of drug-likeness (QED) is 0.296. The summed E-state index contributed by atoms with van der Waals surface area (Å²) in [5.74, 6) is 0.429. The molecule has 3 aromatic rings. The van der Waals surface area contributed by atoms with Crippen LogP contribution in [0, 0.1) is 5.92 Å². The Morgan fingerprint density at radius 1 is 1.00 bits per heavy atom. The average Bonchev–Trinajstić information content (AvgIpc) is 2.84. The number of guanidine groups is 1. The van der Waals surface area contributed by atoms with Gasteiger partial charge < -0.3 is 16.2 Å². The molecule has 1 aromatic heterocycles. The van der Waals surface area contributed by atoms with E-state index in [2.05, 4.69) is 16.4 Å². The van der Waals surface area contributed by atoms with Crippen molar-refractivity contribution >= 4 is 29.2 Å². The largest absolute Gasteiger partial charge is 0.371 e. The standard InChI is InChI=1S/C26H28Cl2N4O/c27-21-10-6-18(7-11-21)23-14-17(15-30-24(23)19-8-12-22(28)13-9-19)16-31-26(29)32-25(33)20-4-2-1-3-5-20/h6-15,20,25,33H,1-5,16H2,(H3,29,31,32). The fraction of sp³-hybridized carbons (Fsp3) is 0.308. The number of nitrogens with zero attached hydrogens (tertiary/aromatic N) is 2. The highest BCUT2D eigenvalue weighted by Gasteiger charge is 2.21. The zero-order valence-corrected chi connectivity index (χ0v) is 19.9. The summed E-state index contributed by atoms with van der Waals surface area (Å²) >= 11 is 12.2. The molecule has 4 N–H and O–H groups in total. The molecule has 0 radical (unpaired) electrons. The van der Waals surface area contributed by atoms with E-state index in [-0.39, 0.29) is 11.9 Å². The number of nitrogens with two attached hydrogens (primary N) is 1. The van der Waals surface area contributed by atoms with E-state index in [9.17, 15) is 5.11 Å². The second kappa shape index (κ2) is 11.0. The zero-order chi connectivity index (χ0) is 23.2. The van der Waals surface area contributed by atoms with Gasteiger partial charge in [0.2, 0.25) is 0 Å². The van der Waals surface area contributed by atoms with Crippen LogP contribution >= 0.6 is 23.2 Å². The molecule has 172 valence electrons. The third-order valence-corrected chi connectivity index (χ3v) is 6.54. The van der Waals surface area contributed by atoms with Crippen LogP contribution in [-0.2, 0) is 6.54 Å². The number of nitrogens with one attached hydrogen (secondary N) is 1. The van der Waals surface area contributed by atoms with E-state index in [0.717, 1.165) is 53.6 Å². The Bertz CT molecular complexity index is 1090. The third kappa shape index (κ3) is 6.26. The number of aromatic nitrogens is 1. The van der Waals surface area contributed by atoms with Crippen molar-refractivity contribution in [2.24, 2.45) is 16.6 Å². The lowest BCUT2D eigenvalue weighted by molar-refractivity contribution is 0.0923. The van der Waals surface area contributed by atoms with Crippen LogP contribution in [0.5, 0.6) is 0 Å². The first-order valence-corrected chi connectivity index (χ1v) is 12.0. The normalized spacial score (nSPS) is 15.9. The molecule has 7 heteroatoms. The third-order valence-electron chi connectivity index (χ3n) is 6.03. The van der Waals surface area contributed by atoms with Crippen LogP contribution in [0.15, 0.2) is 65.8 Å². The number of aliphatic hydroxyl groups is 1. The minimum atomic E-state index is -0.757. The molecule has 1 atom stereocenters. The molecule has 1 unspecified atom stereocenters. The van der Waals surface area contributed by atoms with Gasteiger partial charge in [0, 0.05) is 39.8 Å². The lowest BCUT2D eigenvalue weighted by Gasteiger charge is -2.24. The van der Waals surface area contributed by atoms with E-state index in [1.54, 1.807) is 0 Å². The fourth-order valence-electron chi connectivity index (χ4n) is 4.21. The van der Waals surface area contributed by atoms with Crippen LogP contribution in [0.3, 0.4) is 0 Å². The van der Waals surface area contributed by atoms with Gasteiger partial charge in [0.1, 0.15) is 0 Å². The number of rotatable bonds is 6. The smallest absolute Gasteiger partial charge is 0.191 e. The van der Waals surface area contributed by atoms with Crippen molar-refractivity contribution in [3.63, 3.8) is 0 Å². The van der Waals surface area contributed by atoms with Gasteiger partial charge in [0.25, 0.3) is 0 Å². The van der Waals surface area contributed by atoms with Gasteiger partial charge in [-0.05, 0) is 54.3 Å². The number of pyridine rings is 1. The summed E-state index contributed by atoms with van der Waals surface area (Å²) in [4.78, 5) is 9.01. The van der Waals surface area contributed by atoms with Crippen molar-refractivity contribution in [1.82, 2.24) is 10.3 Å². The van der Waals surface area contributed by atoms with E-state index < -0.39 is 6.23 Å². The second-order valence-corrected chi connectivity index (χ2v) is 9.31. The van der Waals surface area contributed by atoms with Crippen molar-refractivity contribution in [2.45, 2.75) is 44.9 Å². The molecular weight excluding hydrogens is 455 g/mol. The lowest BCUT2D eigenvalue weighted by Crippen LogP contribution is -2.34. The van der Waals surface area contributed by atoms with Crippen molar-refractivity contribution in [3.05, 3.63) is 76.4 Å². The maximum absolute atomic E-state index is 10.4. The summed E-state index contributed by atoms with van der Waals surface area (Å²) in [6, 6.07) is 17.4. The number of aliphatic imine (C=N–C) groups is 1. The molecule has 0 amide bonds. The molecule has 1 heterocycles. The van der Waals surface area contributed by atoms with Gasteiger partial charge in [-0.1, -0.05) is 66.7 Å². The first-order valence-electron chi connectivity index (χ1n) is 11.3. The van der Waals surface area contributed by atoms with Crippen molar-refractivity contribution in [3.8, 4) is 22.4 Å². The number of halogens is 2. The van der Waals surface area contributed by atoms with Gasteiger partial charge in [-0.15, -0.1) is 0 Å². The Hall–Kier alpha value is -2.60. The molecule has 1 aliphatic rings. The van der Waals surface area contributed by atoms with Gasteiger partial charge in [0.15, 0.2) is 12.2 Å². The fourth-order valence-corrected chi connectivity index (χ4v) is 4.46. The average molecular weight is 483 g/mol. The minimum Gasteiger partial charge on any atom is -0.371 e. The molecule has 0 saturated heterocycles. The maximum Gasteiger partial charge on any atom is 0.191 e. The second-order valence-electron chi connectivity index (χ2n) is 8.43. The van der Waals surface area contributed by atoms with Crippen LogP contribution in [0.25, 0.3) is 22.4 Å². The number of hydrogen-bond donors (Lipinski definition) is 3. The molecule has 0 spiro atoms. The van der Waals surface area contributed by atoms with Gasteiger partial charge >= 0.3 is 0 Å². The van der Waals surface area contributed by atoms with Crippen LogP contribution < -0.4 is 11.1 Å². The van der Waals surface area contributed by atoms with Gasteiger partial charge in [-0.25, -0.2) is 4.99 Å². The van der Waals surface area contributed by atoms with Crippen LogP contribution in [0.1, 0.15) is 37.7 Å². The molecule has 4 rings (SSSR count). The van der Waals surface area contributed by atoms with Crippen molar-refractivity contribution in [1.29, 1.82) is 0 Å². The summed E-state index contributed by atoms with van der Waals surface area (Å²) in [5.41, 5.74) is 10.8. The Morgan fingerprint density at radius 2 is 1.61 bits per heavy atom. The molecule has 2 aromatic carbocycles. The predicted octanol–water partition coefficient (Wildman–Crippen LogP) is 6.03. The zero-order valence-electron chi connectivity index (χ0n) is 18.3. The Morgan fingerprint density at radius 3 is 2.24 bits per heavy atom. The molecular formula is C26H28Cl2N4O. The molecule has 0 aliphatic heterocycles. The van der Waals surface area contributed by atoms with Crippen LogP contribution in [-0.4, -0.2) is 22.3 Å². The predicted molar refractivity (Wildman–Crippen MR) is 136 cm³/mol.